The van der Waals surface area contributed by atoms with E-state index in [2.05, 4.69) is 0 Å². The number of carbonyl (C=O) groups is 2. The van der Waals surface area contributed by atoms with Gasteiger partial charge >= 0.3 is 0 Å². The number of ketones is 2. The molecular weight excluding hydrogens is 508 g/mol. The predicted octanol–water partition coefficient (Wildman–Crippen LogP) is 8.47. The molecule has 0 aromatic heterocycles. The largest absolute Gasteiger partial charge is 0.507 e. The molecule has 0 saturated heterocycles. The van der Waals surface area contributed by atoms with Crippen LogP contribution in [0.4, 0.5) is 0 Å². The smallest absolute Gasteiger partial charge is 0.193 e. The van der Waals surface area contributed by atoms with Gasteiger partial charge in [-0.1, -0.05) is 152 Å². The molecule has 4 nitrogen and oxygen atoms in total. The molecule has 200 valence electrons. The van der Waals surface area contributed by atoms with Crippen molar-refractivity contribution in [1.29, 1.82) is 0 Å². The van der Waals surface area contributed by atoms with E-state index in [1.807, 2.05) is 18.2 Å². The lowest BCUT2D eigenvalue weighted by Gasteiger charge is -2.25. The van der Waals surface area contributed by atoms with Gasteiger partial charge in [0.25, 0.3) is 0 Å². The third-order valence-electron chi connectivity index (χ3n) is 6.88. The zero-order valence-electron chi connectivity index (χ0n) is 22.2. The van der Waals surface area contributed by atoms with Gasteiger partial charge in [0.2, 0.25) is 0 Å². The number of rotatable bonds is 9. The van der Waals surface area contributed by atoms with Crippen LogP contribution < -0.4 is 0 Å². The summed E-state index contributed by atoms with van der Waals surface area (Å²) in [5.74, 6) is -2.57. The van der Waals surface area contributed by atoms with Crippen molar-refractivity contribution in [3.8, 4) is 0 Å². The Kier molecular flexibility index (Phi) is 8.32. The first-order valence-corrected chi connectivity index (χ1v) is 13.3. The summed E-state index contributed by atoms with van der Waals surface area (Å²) < 4.78 is 0. The van der Waals surface area contributed by atoms with Crippen LogP contribution >= 0.6 is 0 Å². The molecule has 4 heteroatoms. The second-order valence-corrected chi connectivity index (χ2v) is 9.49. The van der Waals surface area contributed by atoms with E-state index < -0.39 is 17.5 Å². The monoisotopic (exact) mass is 536 g/mol. The lowest BCUT2D eigenvalue weighted by Crippen LogP contribution is -2.22. The van der Waals surface area contributed by atoms with Crippen molar-refractivity contribution >= 4 is 23.1 Å². The highest BCUT2D eigenvalue weighted by molar-refractivity contribution is 6.19. The summed E-state index contributed by atoms with van der Waals surface area (Å²) in [4.78, 5) is 28.7. The highest BCUT2D eigenvalue weighted by Gasteiger charge is 2.36. The summed E-state index contributed by atoms with van der Waals surface area (Å²) in [6, 6.07) is 43.8. The number of hydrogen-bond acceptors (Lipinski definition) is 4. The predicted molar refractivity (Wildman–Crippen MR) is 163 cm³/mol. The Hall–Kier alpha value is -5.48. The van der Waals surface area contributed by atoms with E-state index in [9.17, 15) is 19.8 Å². The van der Waals surface area contributed by atoms with Crippen LogP contribution in [-0.4, -0.2) is 21.8 Å². The van der Waals surface area contributed by atoms with Gasteiger partial charge in [0.15, 0.2) is 11.6 Å². The maximum atomic E-state index is 14.4. The van der Waals surface area contributed by atoms with E-state index >= 15 is 0 Å². The quantitative estimate of drug-likeness (QED) is 0.113. The highest BCUT2D eigenvalue weighted by atomic mass is 16.3. The van der Waals surface area contributed by atoms with Gasteiger partial charge in [-0.05, 0) is 5.56 Å². The summed E-state index contributed by atoms with van der Waals surface area (Å²) in [7, 11) is 0. The van der Waals surface area contributed by atoms with Crippen molar-refractivity contribution in [2.24, 2.45) is 0 Å². The summed E-state index contributed by atoms with van der Waals surface area (Å²) in [6.07, 6.45) is 0. The summed E-state index contributed by atoms with van der Waals surface area (Å²) in [5.41, 5.74) is 2.05. The molecule has 0 heterocycles. The molecule has 0 amide bonds. The molecule has 0 saturated carbocycles. The zero-order valence-corrected chi connectivity index (χ0v) is 22.2. The second kappa shape index (κ2) is 12.6. The molecule has 0 atom stereocenters. The van der Waals surface area contributed by atoms with E-state index in [0.29, 0.717) is 27.8 Å². The zero-order chi connectivity index (χ0) is 28.6. The van der Waals surface area contributed by atoms with Crippen LogP contribution in [-0.2, 0) is 0 Å². The Bertz CT molecular complexity index is 1580. The first kappa shape index (κ1) is 27.1. The maximum absolute atomic E-state index is 14.4. The molecule has 0 aliphatic rings. The topological polar surface area (TPSA) is 74.6 Å². The maximum Gasteiger partial charge on any atom is 0.193 e. The minimum Gasteiger partial charge on any atom is -0.507 e. The van der Waals surface area contributed by atoms with E-state index in [4.69, 9.17) is 0 Å². The SMILES string of the molecule is O=C(/C(=C(\O)c1ccccc1)C(/C(C(=O)c1ccccc1)=C(/O)c1ccccc1)c1ccccc1)c1ccccc1. The van der Waals surface area contributed by atoms with Gasteiger partial charge < -0.3 is 10.2 Å². The van der Waals surface area contributed by atoms with Crippen LogP contribution in [0.3, 0.4) is 0 Å². The van der Waals surface area contributed by atoms with Crippen molar-refractivity contribution in [3.05, 3.63) is 191 Å². The van der Waals surface area contributed by atoms with Crippen LogP contribution in [0, 0.1) is 0 Å². The van der Waals surface area contributed by atoms with Gasteiger partial charge in [-0.3, -0.25) is 9.59 Å². The van der Waals surface area contributed by atoms with Crippen LogP contribution in [0.1, 0.15) is 43.3 Å². The summed E-state index contributed by atoms with van der Waals surface area (Å²) in [6.45, 7) is 0. The van der Waals surface area contributed by atoms with Crippen molar-refractivity contribution in [3.63, 3.8) is 0 Å². The van der Waals surface area contributed by atoms with E-state index in [1.54, 1.807) is 133 Å². The van der Waals surface area contributed by atoms with Gasteiger partial charge in [0.05, 0.1) is 11.1 Å². The fraction of sp³-hybridized carbons (Fsp3) is 0.0270. The van der Waals surface area contributed by atoms with Crippen LogP contribution in [0.15, 0.2) is 163 Å². The summed E-state index contributed by atoms with van der Waals surface area (Å²) in [5, 5.41) is 23.7. The Morgan fingerprint density at radius 1 is 0.390 bits per heavy atom. The van der Waals surface area contributed by atoms with Crippen molar-refractivity contribution < 1.29 is 19.8 Å². The van der Waals surface area contributed by atoms with Crippen molar-refractivity contribution in [2.45, 2.75) is 5.92 Å². The average Bonchev–Trinajstić information content (AvgIpc) is 3.06. The van der Waals surface area contributed by atoms with E-state index in [-0.39, 0.29) is 22.7 Å². The van der Waals surface area contributed by atoms with Crippen LogP contribution in [0.2, 0.25) is 0 Å². The molecule has 0 spiro atoms. The Morgan fingerprint density at radius 3 is 0.976 bits per heavy atom. The van der Waals surface area contributed by atoms with Crippen LogP contribution in [0.5, 0.6) is 0 Å². The Labute approximate surface area is 239 Å². The molecule has 0 aliphatic heterocycles. The Balaban J connectivity index is 1.88. The van der Waals surface area contributed by atoms with E-state index in [0.717, 1.165) is 0 Å². The van der Waals surface area contributed by atoms with Gasteiger partial charge in [-0.25, -0.2) is 0 Å². The number of Topliss-reactive ketones (excluding diaryl/α,β-unsaturated/α-hetero) is 2. The molecule has 0 unspecified atom stereocenters. The normalized spacial score (nSPS) is 13.0. The lowest BCUT2D eigenvalue weighted by atomic mass is 9.76. The third-order valence-corrected chi connectivity index (χ3v) is 6.88. The first-order chi connectivity index (χ1) is 20.1. The van der Waals surface area contributed by atoms with Gasteiger partial charge in [-0.2, -0.15) is 0 Å². The molecule has 2 N–H and O–H groups in total. The van der Waals surface area contributed by atoms with Crippen LogP contribution in [0.25, 0.3) is 11.5 Å². The number of aliphatic hydroxyl groups is 2. The number of hydrogen-bond donors (Lipinski definition) is 2. The van der Waals surface area contributed by atoms with E-state index in [1.165, 1.54) is 0 Å². The number of benzene rings is 5. The molecule has 0 bridgehead atoms. The standard InChI is InChI=1S/C37H28O4/c38-34(27-18-8-2-9-19-27)32(35(39)28-20-10-3-11-21-28)31(26-16-6-1-7-17-26)33(36(40)29-22-12-4-13-23-29)37(41)30-24-14-5-15-25-30/h1-25,31,38,40H/b34-32-,36-33-. The van der Waals surface area contributed by atoms with Gasteiger partial charge in [-0.15, -0.1) is 0 Å². The number of aliphatic hydroxyl groups excluding tert-OH is 2. The third kappa shape index (κ3) is 5.92. The van der Waals surface area contributed by atoms with Gasteiger partial charge in [0.1, 0.15) is 11.5 Å². The molecule has 41 heavy (non-hydrogen) atoms. The molecule has 0 fully saturated rings. The highest BCUT2D eigenvalue weighted by Crippen LogP contribution is 2.41. The molecule has 5 aromatic rings. The summed E-state index contributed by atoms with van der Waals surface area (Å²) >= 11 is 0. The molecule has 0 radical (unpaired) electrons. The number of allylic oxidation sites excluding steroid dienone is 2. The second-order valence-electron chi connectivity index (χ2n) is 9.49. The molecule has 5 aromatic carbocycles. The fourth-order valence-corrected chi connectivity index (χ4v) is 4.87. The molecule has 0 aliphatic carbocycles. The minimum atomic E-state index is -1.11. The number of carbonyl (C=O) groups excluding carboxylic acids is 2. The van der Waals surface area contributed by atoms with Crippen molar-refractivity contribution in [2.75, 3.05) is 0 Å². The minimum absolute atomic E-state index is 0.0182. The van der Waals surface area contributed by atoms with Crippen molar-refractivity contribution in [1.82, 2.24) is 0 Å². The lowest BCUT2D eigenvalue weighted by molar-refractivity contribution is 0.101. The molecular formula is C37H28O4. The average molecular weight is 537 g/mol. The first-order valence-electron chi connectivity index (χ1n) is 13.3. The van der Waals surface area contributed by atoms with Gasteiger partial charge in [0, 0.05) is 28.2 Å². The molecule has 5 rings (SSSR count). The Morgan fingerprint density at radius 2 is 0.659 bits per heavy atom. The fourth-order valence-electron chi connectivity index (χ4n) is 4.87.